The van der Waals surface area contributed by atoms with Gasteiger partial charge in [0, 0.05) is 56.8 Å². The van der Waals surface area contributed by atoms with Crippen LogP contribution in [0.15, 0.2) is 24.8 Å². The molecule has 1 unspecified atom stereocenters. The van der Waals surface area contributed by atoms with Gasteiger partial charge in [-0.3, -0.25) is 9.48 Å². The zero-order chi connectivity index (χ0) is 17.7. The monoisotopic (exact) mass is 354 g/mol. The third-order valence-corrected chi connectivity index (χ3v) is 6.11. The molecule has 138 valence electrons. The summed E-state index contributed by atoms with van der Waals surface area (Å²) in [4.78, 5) is 19.3. The summed E-state index contributed by atoms with van der Waals surface area (Å²) < 4.78 is 4.08. The van der Waals surface area contributed by atoms with Crippen LogP contribution >= 0.6 is 0 Å². The first kappa shape index (κ1) is 16.1. The first-order valence-corrected chi connectivity index (χ1v) is 9.75. The fourth-order valence-corrected chi connectivity index (χ4v) is 4.71. The zero-order valence-corrected chi connectivity index (χ0v) is 15.2. The van der Waals surface area contributed by atoms with Crippen molar-refractivity contribution in [2.24, 2.45) is 13.0 Å². The number of hydrogen-bond acceptors (Lipinski definition) is 4. The van der Waals surface area contributed by atoms with Crippen molar-refractivity contribution in [3.8, 4) is 0 Å². The van der Waals surface area contributed by atoms with Crippen LogP contribution in [0.2, 0.25) is 0 Å². The Morgan fingerprint density at radius 1 is 1.27 bits per heavy atom. The summed E-state index contributed by atoms with van der Waals surface area (Å²) in [5.41, 5.74) is 1.17. The van der Waals surface area contributed by atoms with Crippen LogP contribution < -0.4 is 5.32 Å². The second-order valence-corrected chi connectivity index (χ2v) is 7.95. The van der Waals surface area contributed by atoms with E-state index in [1.165, 1.54) is 5.56 Å². The maximum Gasteiger partial charge on any atom is 0.223 e. The summed E-state index contributed by atoms with van der Waals surface area (Å²) in [5.74, 6) is 1.88. The number of carbonyl (C=O) groups is 1. The molecule has 7 nitrogen and oxygen atoms in total. The molecule has 5 rings (SSSR count). The molecule has 4 heterocycles. The molecule has 3 atom stereocenters. The molecule has 2 fully saturated rings. The van der Waals surface area contributed by atoms with Crippen molar-refractivity contribution in [3.05, 3.63) is 36.2 Å². The largest absolute Gasteiger partial charge is 0.334 e. The summed E-state index contributed by atoms with van der Waals surface area (Å²) in [5, 5.41) is 8.12. The average molecular weight is 354 g/mol. The topological polar surface area (TPSA) is 68.0 Å². The Morgan fingerprint density at radius 2 is 2.15 bits per heavy atom. The van der Waals surface area contributed by atoms with Crippen molar-refractivity contribution >= 4 is 5.91 Å². The molecule has 1 aliphatic carbocycles. The molecule has 1 amide bonds. The fraction of sp³-hybridized carbons (Fsp3) is 0.632. The van der Waals surface area contributed by atoms with Gasteiger partial charge in [-0.2, -0.15) is 5.10 Å². The van der Waals surface area contributed by atoms with Gasteiger partial charge in [0.1, 0.15) is 5.82 Å². The van der Waals surface area contributed by atoms with E-state index < -0.39 is 0 Å². The van der Waals surface area contributed by atoms with E-state index in [2.05, 4.69) is 37.3 Å². The van der Waals surface area contributed by atoms with Gasteiger partial charge in [-0.15, -0.1) is 0 Å². The number of aryl methyl sites for hydroxylation is 2. The summed E-state index contributed by atoms with van der Waals surface area (Å²) in [7, 11) is 1.95. The number of nitrogens with zero attached hydrogens (tertiary/aromatic N) is 5. The summed E-state index contributed by atoms with van der Waals surface area (Å²) in [6.07, 6.45) is 12.9. The van der Waals surface area contributed by atoms with E-state index in [4.69, 9.17) is 0 Å². The molecule has 2 aromatic rings. The minimum absolute atomic E-state index is 0.145. The van der Waals surface area contributed by atoms with Gasteiger partial charge in [-0.05, 0) is 31.6 Å². The SMILES string of the molecule is Cn1cc([C@@H]2[C@@H](CNC3CCn4ccnc43)CCC(=O)N2C2CC2)cn1. The lowest BCUT2D eigenvalue weighted by molar-refractivity contribution is -0.139. The zero-order valence-electron chi connectivity index (χ0n) is 15.2. The first-order valence-electron chi connectivity index (χ1n) is 9.75. The molecule has 2 aromatic heterocycles. The van der Waals surface area contributed by atoms with Crippen molar-refractivity contribution in [2.75, 3.05) is 6.54 Å². The third kappa shape index (κ3) is 2.74. The van der Waals surface area contributed by atoms with Gasteiger partial charge in [-0.1, -0.05) is 0 Å². The van der Waals surface area contributed by atoms with Gasteiger partial charge >= 0.3 is 0 Å². The number of amides is 1. The predicted molar refractivity (Wildman–Crippen MR) is 96.1 cm³/mol. The van der Waals surface area contributed by atoms with Crippen LogP contribution in [0.25, 0.3) is 0 Å². The first-order chi connectivity index (χ1) is 12.7. The van der Waals surface area contributed by atoms with Crippen molar-refractivity contribution < 1.29 is 4.79 Å². The Labute approximate surface area is 153 Å². The molecule has 0 spiro atoms. The Hall–Kier alpha value is -2.15. The van der Waals surface area contributed by atoms with E-state index >= 15 is 0 Å². The number of nitrogens with one attached hydrogen (secondary N) is 1. The van der Waals surface area contributed by atoms with Crippen LogP contribution in [-0.2, 0) is 18.4 Å². The van der Waals surface area contributed by atoms with E-state index in [0.29, 0.717) is 30.3 Å². The summed E-state index contributed by atoms with van der Waals surface area (Å²) in [6.45, 7) is 1.95. The van der Waals surface area contributed by atoms with Crippen molar-refractivity contribution in [2.45, 2.75) is 56.8 Å². The number of imidazole rings is 1. The van der Waals surface area contributed by atoms with E-state index in [9.17, 15) is 4.79 Å². The number of likely N-dealkylation sites (tertiary alicyclic amines) is 1. The maximum absolute atomic E-state index is 12.7. The van der Waals surface area contributed by atoms with Crippen LogP contribution in [0.5, 0.6) is 0 Å². The lowest BCUT2D eigenvalue weighted by Crippen LogP contribution is -2.47. The smallest absolute Gasteiger partial charge is 0.223 e. The van der Waals surface area contributed by atoms with Crippen LogP contribution in [0.4, 0.5) is 0 Å². The second kappa shape index (κ2) is 6.23. The molecular formula is C19H26N6O. The van der Waals surface area contributed by atoms with Gasteiger partial charge in [0.15, 0.2) is 0 Å². The lowest BCUT2D eigenvalue weighted by Gasteiger charge is -2.41. The Kier molecular flexibility index (Phi) is 3.85. The highest BCUT2D eigenvalue weighted by atomic mass is 16.2. The summed E-state index contributed by atoms with van der Waals surface area (Å²) >= 11 is 0. The molecule has 3 aliphatic rings. The van der Waals surface area contributed by atoms with Gasteiger partial charge in [-0.25, -0.2) is 4.98 Å². The lowest BCUT2D eigenvalue weighted by atomic mass is 9.85. The standard InChI is InChI=1S/C19H26N6O/c1-23-12-14(11-22-23)18-13(2-5-17(26)25(18)15-3-4-15)10-21-16-6-8-24-9-7-20-19(16)24/h7,9,11-13,15-16,18,21H,2-6,8,10H2,1H3/t13-,16?,18+/m1/s1. The van der Waals surface area contributed by atoms with Crippen molar-refractivity contribution in [3.63, 3.8) is 0 Å². The number of piperidine rings is 1. The Bertz CT molecular complexity index is 807. The molecule has 0 bridgehead atoms. The summed E-state index contributed by atoms with van der Waals surface area (Å²) in [6, 6.07) is 0.901. The normalized spacial score (nSPS) is 28.6. The van der Waals surface area contributed by atoms with Crippen molar-refractivity contribution in [1.29, 1.82) is 0 Å². The van der Waals surface area contributed by atoms with Crippen LogP contribution in [0, 0.1) is 5.92 Å². The molecule has 0 aromatic carbocycles. The Balaban J connectivity index is 1.36. The second-order valence-electron chi connectivity index (χ2n) is 7.95. The highest BCUT2D eigenvalue weighted by molar-refractivity contribution is 5.78. The van der Waals surface area contributed by atoms with Crippen LogP contribution in [0.1, 0.15) is 55.6 Å². The maximum atomic E-state index is 12.7. The van der Waals surface area contributed by atoms with Gasteiger partial charge in [0.25, 0.3) is 0 Å². The van der Waals surface area contributed by atoms with Gasteiger partial charge in [0.2, 0.25) is 5.91 Å². The van der Waals surface area contributed by atoms with E-state index in [-0.39, 0.29) is 6.04 Å². The van der Waals surface area contributed by atoms with Crippen LogP contribution in [0.3, 0.4) is 0 Å². The van der Waals surface area contributed by atoms with Crippen LogP contribution in [-0.4, -0.2) is 42.7 Å². The molecular weight excluding hydrogens is 328 g/mol. The average Bonchev–Trinajstić information content (AvgIpc) is 3.02. The molecule has 7 heteroatoms. The highest BCUT2D eigenvalue weighted by Gasteiger charge is 2.44. The molecule has 0 radical (unpaired) electrons. The number of aromatic nitrogens is 4. The quantitative estimate of drug-likeness (QED) is 0.889. The number of fused-ring (bicyclic) bond motifs is 1. The molecule has 2 aliphatic heterocycles. The van der Waals surface area contributed by atoms with E-state index in [0.717, 1.165) is 44.6 Å². The van der Waals surface area contributed by atoms with Gasteiger partial charge < -0.3 is 14.8 Å². The highest BCUT2D eigenvalue weighted by Crippen LogP contribution is 2.43. The molecule has 26 heavy (non-hydrogen) atoms. The van der Waals surface area contributed by atoms with E-state index in [1.807, 2.05) is 24.1 Å². The number of hydrogen-bond donors (Lipinski definition) is 1. The molecule has 1 N–H and O–H groups in total. The van der Waals surface area contributed by atoms with Gasteiger partial charge in [0.05, 0.1) is 18.3 Å². The molecule has 1 saturated carbocycles. The minimum atomic E-state index is 0.145. The number of rotatable bonds is 5. The predicted octanol–water partition coefficient (Wildman–Crippen LogP) is 1.79. The van der Waals surface area contributed by atoms with Crippen molar-refractivity contribution in [1.82, 2.24) is 29.5 Å². The Morgan fingerprint density at radius 3 is 2.92 bits per heavy atom. The molecule has 1 saturated heterocycles. The minimum Gasteiger partial charge on any atom is -0.334 e. The fourth-order valence-electron chi connectivity index (χ4n) is 4.71. The third-order valence-electron chi connectivity index (χ3n) is 6.11. The van der Waals surface area contributed by atoms with E-state index in [1.54, 1.807) is 0 Å². The number of carbonyl (C=O) groups excluding carboxylic acids is 1.